The molecule has 0 bridgehead atoms. The number of aliphatic hydroxyl groups excluding tert-OH is 1. The molecule has 0 aromatic rings. The lowest BCUT2D eigenvalue weighted by Gasteiger charge is -2.07. The summed E-state index contributed by atoms with van der Waals surface area (Å²) in [6, 6.07) is 0. The van der Waals surface area contributed by atoms with Gasteiger partial charge in [0.1, 0.15) is 0 Å². The highest BCUT2D eigenvalue weighted by atomic mass is 16.3. The van der Waals surface area contributed by atoms with Gasteiger partial charge in [0.15, 0.2) is 0 Å². The van der Waals surface area contributed by atoms with Crippen LogP contribution in [0.4, 0.5) is 0 Å². The Kier molecular flexibility index (Phi) is 10.0. The summed E-state index contributed by atoms with van der Waals surface area (Å²) in [4.78, 5) is 0. The minimum absolute atomic E-state index is 0.180. The highest BCUT2D eigenvalue weighted by molar-refractivity contribution is 4.97. The number of hydrogen-bond acceptors (Lipinski definition) is 2. The Morgan fingerprint density at radius 3 is 2.79 bits per heavy atom. The molecule has 14 heavy (non-hydrogen) atoms. The molecule has 0 fully saturated rings. The van der Waals surface area contributed by atoms with E-state index in [1.54, 1.807) is 6.08 Å². The molecule has 2 heteroatoms. The Hall–Kier alpha value is -0.600. The molecule has 0 amide bonds. The molecular formula is C12H23NO. The highest BCUT2D eigenvalue weighted by Crippen LogP contribution is 2.06. The van der Waals surface area contributed by atoms with Crippen LogP contribution in [0.15, 0.2) is 24.8 Å². The summed E-state index contributed by atoms with van der Waals surface area (Å²) in [5.41, 5.74) is 0. The minimum atomic E-state index is -0.180. The number of aliphatic hydroxyl groups is 1. The van der Waals surface area contributed by atoms with Gasteiger partial charge in [0.2, 0.25) is 0 Å². The SMILES string of the molecule is C=C/C=C\CC(O)CCCCCNC. The average Bonchev–Trinajstić information content (AvgIpc) is 2.18. The summed E-state index contributed by atoms with van der Waals surface area (Å²) in [6.07, 6.45) is 10.6. The molecule has 0 rings (SSSR count). The molecule has 2 nitrogen and oxygen atoms in total. The average molecular weight is 197 g/mol. The zero-order chi connectivity index (χ0) is 10.6. The molecule has 0 aromatic carbocycles. The van der Waals surface area contributed by atoms with Gasteiger partial charge >= 0.3 is 0 Å². The number of hydrogen-bond donors (Lipinski definition) is 2. The maximum absolute atomic E-state index is 9.53. The third-order valence-corrected chi connectivity index (χ3v) is 2.14. The zero-order valence-corrected chi connectivity index (χ0v) is 9.21. The first-order valence-corrected chi connectivity index (χ1v) is 5.41. The predicted octanol–water partition coefficient (Wildman–Crippen LogP) is 2.26. The molecule has 0 heterocycles. The summed E-state index contributed by atoms with van der Waals surface area (Å²) in [6.45, 7) is 4.65. The second kappa shape index (κ2) is 10.5. The molecule has 0 radical (unpaired) electrons. The van der Waals surface area contributed by atoms with Crippen LogP contribution in [-0.2, 0) is 0 Å². The van der Waals surface area contributed by atoms with Crippen molar-refractivity contribution in [2.45, 2.75) is 38.2 Å². The topological polar surface area (TPSA) is 32.3 Å². The summed E-state index contributed by atoms with van der Waals surface area (Å²) in [7, 11) is 1.97. The van der Waals surface area contributed by atoms with Crippen LogP contribution in [0.2, 0.25) is 0 Å². The Labute approximate surface area is 87.7 Å². The second-order valence-corrected chi connectivity index (χ2v) is 3.51. The summed E-state index contributed by atoms with van der Waals surface area (Å²) < 4.78 is 0. The second-order valence-electron chi connectivity index (χ2n) is 3.51. The molecule has 1 atom stereocenters. The lowest BCUT2D eigenvalue weighted by Crippen LogP contribution is -2.08. The van der Waals surface area contributed by atoms with Crippen molar-refractivity contribution < 1.29 is 5.11 Å². The third-order valence-electron chi connectivity index (χ3n) is 2.14. The lowest BCUT2D eigenvalue weighted by molar-refractivity contribution is 0.164. The number of unbranched alkanes of at least 4 members (excludes halogenated alkanes) is 2. The van der Waals surface area contributed by atoms with Crippen molar-refractivity contribution in [2.75, 3.05) is 13.6 Å². The predicted molar refractivity (Wildman–Crippen MR) is 62.4 cm³/mol. The van der Waals surface area contributed by atoms with Crippen LogP contribution >= 0.6 is 0 Å². The fourth-order valence-corrected chi connectivity index (χ4v) is 1.31. The molecule has 0 spiro atoms. The molecule has 0 aliphatic heterocycles. The van der Waals surface area contributed by atoms with Crippen LogP contribution in [0.25, 0.3) is 0 Å². The van der Waals surface area contributed by atoms with E-state index in [1.807, 2.05) is 19.2 Å². The van der Waals surface area contributed by atoms with Gasteiger partial charge in [-0.05, 0) is 32.9 Å². The van der Waals surface area contributed by atoms with E-state index >= 15 is 0 Å². The molecule has 0 saturated carbocycles. The van der Waals surface area contributed by atoms with Gasteiger partial charge in [-0.2, -0.15) is 0 Å². The Morgan fingerprint density at radius 1 is 1.36 bits per heavy atom. The van der Waals surface area contributed by atoms with E-state index < -0.39 is 0 Å². The third kappa shape index (κ3) is 9.49. The van der Waals surface area contributed by atoms with E-state index in [4.69, 9.17) is 0 Å². The number of nitrogens with one attached hydrogen (secondary N) is 1. The summed E-state index contributed by atoms with van der Waals surface area (Å²) in [5, 5.41) is 12.6. The van der Waals surface area contributed by atoms with Crippen LogP contribution in [0.3, 0.4) is 0 Å². The number of allylic oxidation sites excluding steroid dienone is 2. The van der Waals surface area contributed by atoms with Gasteiger partial charge in [0.25, 0.3) is 0 Å². The largest absolute Gasteiger partial charge is 0.393 e. The molecule has 0 saturated heterocycles. The monoisotopic (exact) mass is 197 g/mol. The van der Waals surface area contributed by atoms with Crippen molar-refractivity contribution >= 4 is 0 Å². The minimum Gasteiger partial charge on any atom is -0.393 e. The highest BCUT2D eigenvalue weighted by Gasteiger charge is 2.00. The van der Waals surface area contributed by atoms with Crippen LogP contribution < -0.4 is 5.32 Å². The van der Waals surface area contributed by atoms with Crippen LogP contribution in [-0.4, -0.2) is 24.8 Å². The van der Waals surface area contributed by atoms with E-state index in [0.717, 1.165) is 25.8 Å². The van der Waals surface area contributed by atoms with Crippen molar-refractivity contribution in [3.8, 4) is 0 Å². The van der Waals surface area contributed by atoms with E-state index in [2.05, 4.69) is 11.9 Å². The summed E-state index contributed by atoms with van der Waals surface area (Å²) in [5.74, 6) is 0. The quantitative estimate of drug-likeness (QED) is 0.439. The lowest BCUT2D eigenvalue weighted by atomic mass is 10.1. The van der Waals surface area contributed by atoms with Crippen LogP contribution in [0.1, 0.15) is 32.1 Å². The smallest absolute Gasteiger partial charge is 0.0574 e. The molecular weight excluding hydrogens is 174 g/mol. The van der Waals surface area contributed by atoms with Crippen molar-refractivity contribution in [2.24, 2.45) is 0 Å². The normalized spacial score (nSPS) is 13.3. The summed E-state index contributed by atoms with van der Waals surface area (Å²) >= 11 is 0. The molecule has 0 aromatic heterocycles. The van der Waals surface area contributed by atoms with Gasteiger partial charge in [0.05, 0.1) is 6.10 Å². The fourth-order valence-electron chi connectivity index (χ4n) is 1.31. The first-order valence-electron chi connectivity index (χ1n) is 5.41. The van der Waals surface area contributed by atoms with Crippen molar-refractivity contribution in [3.63, 3.8) is 0 Å². The molecule has 82 valence electrons. The van der Waals surface area contributed by atoms with Gasteiger partial charge in [-0.3, -0.25) is 0 Å². The standard InChI is InChI=1S/C12H23NO/c1-3-4-6-9-12(14)10-7-5-8-11-13-2/h3-4,6,12-14H,1,5,7-11H2,2H3/b6-4-. The van der Waals surface area contributed by atoms with Gasteiger partial charge in [-0.15, -0.1) is 0 Å². The van der Waals surface area contributed by atoms with Gasteiger partial charge in [-0.25, -0.2) is 0 Å². The van der Waals surface area contributed by atoms with Crippen molar-refractivity contribution in [1.29, 1.82) is 0 Å². The Bertz CT molecular complexity index is 154. The van der Waals surface area contributed by atoms with Gasteiger partial charge in [-0.1, -0.05) is 37.6 Å². The molecule has 2 N–H and O–H groups in total. The van der Waals surface area contributed by atoms with E-state index in [1.165, 1.54) is 12.8 Å². The van der Waals surface area contributed by atoms with E-state index in [0.29, 0.717) is 0 Å². The van der Waals surface area contributed by atoms with Gasteiger partial charge < -0.3 is 10.4 Å². The Balaban J connectivity index is 3.21. The molecule has 0 aliphatic carbocycles. The van der Waals surface area contributed by atoms with E-state index in [9.17, 15) is 5.11 Å². The maximum Gasteiger partial charge on any atom is 0.0574 e. The molecule has 0 aliphatic rings. The molecule has 1 unspecified atom stereocenters. The van der Waals surface area contributed by atoms with Crippen LogP contribution in [0.5, 0.6) is 0 Å². The Morgan fingerprint density at radius 2 is 2.14 bits per heavy atom. The first-order chi connectivity index (χ1) is 6.81. The van der Waals surface area contributed by atoms with Gasteiger partial charge in [0, 0.05) is 0 Å². The first kappa shape index (κ1) is 13.4. The van der Waals surface area contributed by atoms with E-state index in [-0.39, 0.29) is 6.10 Å². The maximum atomic E-state index is 9.53. The number of rotatable bonds is 9. The zero-order valence-electron chi connectivity index (χ0n) is 9.21. The van der Waals surface area contributed by atoms with Crippen molar-refractivity contribution in [1.82, 2.24) is 5.32 Å². The van der Waals surface area contributed by atoms with Crippen molar-refractivity contribution in [3.05, 3.63) is 24.8 Å². The van der Waals surface area contributed by atoms with Crippen LogP contribution in [0, 0.1) is 0 Å². The fraction of sp³-hybridized carbons (Fsp3) is 0.667.